The van der Waals surface area contributed by atoms with E-state index in [1.54, 1.807) is 67.4 Å². The number of esters is 2. The maximum absolute atomic E-state index is 13.8. The molecule has 3 aromatic heterocycles. The molecule has 47 heavy (non-hydrogen) atoms. The van der Waals surface area contributed by atoms with Gasteiger partial charge in [-0.15, -0.1) is 0 Å². The first-order chi connectivity index (χ1) is 22.5. The van der Waals surface area contributed by atoms with Crippen LogP contribution in [0.4, 0.5) is 5.82 Å². The van der Waals surface area contributed by atoms with Crippen LogP contribution in [0, 0.1) is 12.8 Å². The summed E-state index contributed by atoms with van der Waals surface area (Å²) in [5, 5.41) is 3.50. The Balaban J connectivity index is 1.36. The fourth-order valence-electron chi connectivity index (χ4n) is 5.21. The number of carbonyl (C=O) groups is 3. The molecule has 1 unspecified atom stereocenters. The van der Waals surface area contributed by atoms with Gasteiger partial charge in [0.1, 0.15) is 34.7 Å². The number of carbonyl (C=O) groups excluding carboxylic acids is 3. The highest BCUT2D eigenvalue weighted by molar-refractivity contribution is 6.04. The summed E-state index contributed by atoms with van der Waals surface area (Å²) in [5.41, 5.74) is 7.04. The normalized spacial score (nSPS) is 12.3. The summed E-state index contributed by atoms with van der Waals surface area (Å²) in [6, 6.07) is 18.3. The van der Waals surface area contributed by atoms with Crippen LogP contribution >= 0.6 is 0 Å². The van der Waals surface area contributed by atoms with Crippen LogP contribution in [0.15, 0.2) is 83.9 Å². The van der Waals surface area contributed by atoms with Crippen molar-refractivity contribution in [2.24, 2.45) is 11.7 Å². The molecule has 0 fully saturated rings. The number of hydrogen-bond acceptors (Lipinski definition) is 10. The molecule has 2 aromatic carbocycles. The van der Waals surface area contributed by atoms with E-state index in [9.17, 15) is 19.2 Å². The zero-order valence-electron chi connectivity index (χ0n) is 26.3. The van der Waals surface area contributed by atoms with Gasteiger partial charge in [-0.3, -0.25) is 24.0 Å². The molecular formula is C34H34N6O7. The third-order valence-corrected chi connectivity index (χ3v) is 7.43. The molecule has 3 N–H and O–H groups in total. The number of aromatic nitrogens is 4. The van der Waals surface area contributed by atoms with Gasteiger partial charge in [0.2, 0.25) is 0 Å². The number of pyridine rings is 2. The van der Waals surface area contributed by atoms with Crippen molar-refractivity contribution in [2.75, 3.05) is 12.4 Å². The molecule has 5 rings (SSSR count). The number of rotatable bonds is 11. The first-order valence-electron chi connectivity index (χ1n) is 14.8. The molecule has 242 valence electrons. The van der Waals surface area contributed by atoms with E-state index in [4.69, 9.17) is 15.2 Å². The maximum Gasteiger partial charge on any atom is 0.330 e. The predicted octanol–water partition coefficient (Wildman–Crippen LogP) is 4.39. The van der Waals surface area contributed by atoms with Gasteiger partial charge in [0.05, 0.1) is 30.2 Å². The Morgan fingerprint density at radius 3 is 2.43 bits per heavy atom. The zero-order chi connectivity index (χ0) is 33.7. The number of anilines is 1. The molecule has 3 heterocycles. The Kier molecular flexibility index (Phi) is 9.76. The molecule has 2 atom stereocenters. The lowest BCUT2D eigenvalue weighted by atomic mass is 10.0. The molecule has 5 aromatic rings. The Labute approximate surface area is 269 Å². The van der Waals surface area contributed by atoms with Crippen LogP contribution in [0.2, 0.25) is 0 Å². The van der Waals surface area contributed by atoms with Crippen molar-refractivity contribution >= 4 is 34.6 Å². The topological polar surface area (TPSA) is 170 Å². The van der Waals surface area contributed by atoms with Gasteiger partial charge in [-0.25, -0.2) is 14.5 Å². The van der Waals surface area contributed by atoms with E-state index >= 15 is 0 Å². The summed E-state index contributed by atoms with van der Waals surface area (Å²) in [5.74, 6) is -0.555. The van der Waals surface area contributed by atoms with Crippen molar-refractivity contribution in [3.63, 3.8) is 0 Å². The second kappa shape index (κ2) is 14.1. The number of para-hydroxylation sites is 1. The van der Waals surface area contributed by atoms with Crippen molar-refractivity contribution in [1.29, 1.82) is 0 Å². The van der Waals surface area contributed by atoms with Gasteiger partial charge in [0, 0.05) is 31.1 Å². The summed E-state index contributed by atoms with van der Waals surface area (Å²) in [6.45, 7) is 4.89. The van der Waals surface area contributed by atoms with Crippen LogP contribution < -0.4 is 26.1 Å². The fraction of sp³-hybridized carbons (Fsp3) is 0.235. The van der Waals surface area contributed by atoms with Gasteiger partial charge in [-0.05, 0) is 61.7 Å². The van der Waals surface area contributed by atoms with Crippen molar-refractivity contribution in [3.8, 4) is 22.9 Å². The van der Waals surface area contributed by atoms with Gasteiger partial charge < -0.3 is 25.3 Å². The van der Waals surface area contributed by atoms with Crippen LogP contribution in [0.1, 0.15) is 36.3 Å². The first kappa shape index (κ1) is 32.6. The molecule has 0 spiro atoms. The monoisotopic (exact) mass is 638 g/mol. The molecule has 1 amide bonds. The van der Waals surface area contributed by atoms with Crippen molar-refractivity contribution < 1.29 is 28.6 Å². The van der Waals surface area contributed by atoms with Crippen molar-refractivity contribution in [1.82, 2.24) is 19.3 Å². The molecule has 0 bridgehead atoms. The molecule has 13 heteroatoms. The molecule has 0 aliphatic heterocycles. The van der Waals surface area contributed by atoms with E-state index < -0.39 is 29.4 Å². The zero-order valence-corrected chi connectivity index (χ0v) is 26.3. The Morgan fingerprint density at radius 2 is 1.74 bits per heavy atom. The molecule has 0 radical (unpaired) electrons. The number of amides is 1. The van der Waals surface area contributed by atoms with Crippen molar-refractivity contribution in [2.45, 2.75) is 39.8 Å². The number of benzene rings is 2. The highest BCUT2D eigenvalue weighted by atomic mass is 16.6. The molecular weight excluding hydrogens is 604 g/mol. The summed E-state index contributed by atoms with van der Waals surface area (Å²) in [6.07, 6.45) is 3.28. The first-order valence-corrected chi connectivity index (χ1v) is 14.8. The van der Waals surface area contributed by atoms with Crippen LogP contribution in [-0.2, 0) is 20.9 Å². The molecule has 13 nitrogen and oxygen atoms in total. The molecule has 0 aliphatic rings. The third-order valence-electron chi connectivity index (χ3n) is 7.43. The SMILES string of the molecule is COc1ccc2c(Oc3ccc(NC(=O)c4c(C)n(C[C@@H](C)CC(N)C(=O)OC(C)=O)n(-c5ccccc5)c4=O)nc3)ccnc2c1. The quantitative estimate of drug-likeness (QED) is 0.156. The van der Waals surface area contributed by atoms with E-state index in [-0.39, 0.29) is 30.3 Å². The van der Waals surface area contributed by atoms with Crippen molar-refractivity contribution in [3.05, 3.63) is 101 Å². The van der Waals surface area contributed by atoms with E-state index in [1.807, 2.05) is 31.2 Å². The number of ether oxygens (including phenoxy) is 3. The van der Waals surface area contributed by atoms with E-state index in [1.165, 1.54) is 10.9 Å². The average molecular weight is 639 g/mol. The highest BCUT2D eigenvalue weighted by Gasteiger charge is 2.26. The summed E-state index contributed by atoms with van der Waals surface area (Å²) in [4.78, 5) is 59.3. The molecule has 0 aliphatic carbocycles. The summed E-state index contributed by atoms with van der Waals surface area (Å²) < 4.78 is 19.0. The minimum atomic E-state index is -1.04. The summed E-state index contributed by atoms with van der Waals surface area (Å²) in [7, 11) is 1.59. The minimum absolute atomic E-state index is 0.0675. The number of nitrogens with one attached hydrogen (secondary N) is 1. The van der Waals surface area contributed by atoms with Gasteiger partial charge in [0.25, 0.3) is 11.5 Å². The second-order valence-electron chi connectivity index (χ2n) is 11.0. The van der Waals surface area contributed by atoms with Crippen LogP contribution in [0.3, 0.4) is 0 Å². The van der Waals surface area contributed by atoms with Crippen LogP contribution in [0.25, 0.3) is 16.6 Å². The average Bonchev–Trinajstić information content (AvgIpc) is 3.29. The van der Waals surface area contributed by atoms with Gasteiger partial charge >= 0.3 is 11.9 Å². The van der Waals surface area contributed by atoms with Gasteiger partial charge in [-0.2, -0.15) is 0 Å². The lowest BCUT2D eigenvalue weighted by Crippen LogP contribution is -2.36. The lowest BCUT2D eigenvalue weighted by Gasteiger charge is -2.20. The molecule has 0 saturated carbocycles. The van der Waals surface area contributed by atoms with Gasteiger partial charge in [0.15, 0.2) is 0 Å². The van der Waals surface area contributed by atoms with E-state index in [0.29, 0.717) is 34.1 Å². The highest BCUT2D eigenvalue weighted by Crippen LogP contribution is 2.31. The number of hydrogen-bond donors (Lipinski definition) is 2. The molecule has 0 saturated heterocycles. The third kappa shape index (κ3) is 7.36. The predicted molar refractivity (Wildman–Crippen MR) is 174 cm³/mol. The maximum atomic E-state index is 13.8. The lowest BCUT2D eigenvalue weighted by molar-refractivity contribution is -0.159. The minimum Gasteiger partial charge on any atom is -0.497 e. The number of fused-ring (bicyclic) bond motifs is 1. The Morgan fingerprint density at radius 1 is 1.00 bits per heavy atom. The van der Waals surface area contributed by atoms with E-state index in [2.05, 4.69) is 20.0 Å². The second-order valence-corrected chi connectivity index (χ2v) is 11.0. The van der Waals surface area contributed by atoms with Crippen LogP contribution in [0.5, 0.6) is 17.2 Å². The number of nitrogens with zero attached hydrogens (tertiary/aromatic N) is 4. The largest absolute Gasteiger partial charge is 0.497 e. The van der Waals surface area contributed by atoms with Gasteiger partial charge in [-0.1, -0.05) is 25.1 Å². The number of methoxy groups -OCH3 is 1. The smallest absolute Gasteiger partial charge is 0.330 e. The number of nitrogens with two attached hydrogens (primary N) is 1. The van der Waals surface area contributed by atoms with E-state index in [0.717, 1.165) is 12.3 Å². The Bertz CT molecular complexity index is 1990. The fourth-order valence-corrected chi connectivity index (χ4v) is 5.21. The Hall–Kier alpha value is -5.82. The van der Waals surface area contributed by atoms with Crippen LogP contribution in [-0.4, -0.2) is 50.3 Å². The standard InChI is InChI=1S/C34H34N6O7/c1-20(16-27(35)34(44)46-22(3)41)19-39-21(2)31(33(43)40(39)23-8-6-5-7-9-23)32(42)38-30-13-11-25(18-37-30)47-29-14-15-36-28-17-24(45-4)10-12-26(28)29/h5-15,17-18,20,27H,16,19,35H2,1-4H3,(H,37,38,42)/t20-,27?/m0/s1. The summed E-state index contributed by atoms with van der Waals surface area (Å²) >= 11 is 0.